The molecule has 1 N–H and O–H groups in total. The molecule has 1 amide bonds. The number of carbonyl (C=O) groups is 1. The second-order valence-electron chi connectivity index (χ2n) is 5.65. The highest BCUT2D eigenvalue weighted by Crippen LogP contribution is 2.21. The van der Waals surface area contributed by atoms with Crippen LogP contribution in [0.1, 0.15) is 18.4 Å². The van der Waals surface area contributed by atoms with E-state index in [1.807, 2.05) is 24.3 Å². The molecule has 2 aliphatic heterocycles. The van der Waals surface area contributed by atoms with E-state index in [2.05, 4.69) is 4.72 Å². The first-order valence-corrected chi connectivity index (χ1v) is 9.22. The average molecular weight is 339 g/mol. The van der Waals surface area contributed by atoms with Crippen molar-refractivity contribution in [1.82, 2.24) is 9.03 Å². The number of nitrogens with one attached hydrogen (secondary N) is 1. The van der Waals surface area contributed by atoms with Crippen LogP contribution in [0.25, 0.3) is 0 Å². The van der Waals surface area contributed by atoms with Crippen LogP contribution < -0.4 is 9.62 Å². The summed E-state index contributed by atoms with van der Waals surface area (Å²) in [6, 6.07) is 7.43. The second kappa shape index (κ2) is 6.96. The van der Waals surface area contributed by atoms with Crippen molar-refractivity contribution in [2.24, 2.45) is 0 Å². The minimum atomic E-state index is -3.48. The van der Waals surface area contributed by atoms with Crippen molar-refractivity contribution >= 4 is 21.8 Å². The van der Waals surface area contributed by atoms with Crippen molar-refractivity contribution in [3.05, 3.63) is 29.8 Å². The van der Waals surface area contributed by atoms with E-state index in [0.29, 0.717) is 32.7 Å². The molecular formula is C15H21N3O4S. The van der Waals surface area contributed by atoms with Crippen molar-refractivity contribution in [3.63, 3.8) is 0 Å². The van der Waals surface area contributed by atoms with Gasteiger partial charge < -0.3 is 9.64 Å². The lowest BCUT2D eigenvalue weighted by Crippen LogP contribution is -2.46. The molecule has 2 saturated heterocycles. The fraction of sp³-hybridized carbons (Fsp3) is 0.533. The third-order valence-corrected chi connectivity index (χ3v) is 5.64. The Morgan fingerprint density at radius 1 is 1.09 bits per heavy atom. The number of benzene rings is 1. The average Bonchev–Trinajstić information content (AvgIpc) is 3.00. The van der Waals surface area contributed by atoms with Crippen LogP contribution in [-0.2, 0) is 26.3 Å². The number of carbonyl (C=O) groups excluding carboxylic acids is 1. The van der Waals surface area contributed by atoms with Crippen LogP contribution in [-0.4, -0.2) is 51.5 Å². The molecule has 7 nitrogen and oxygen atoms in total. The summed E-state index contributed by atoms with van der Waals surface area (Å²) in [6.07, 6.45) is 1.49. The quantitative estimate of drug-likeness (QED) is 0.846. The molecule has 0 atom stereocenters. The molecule has 0 unspecified atom stereocenters. The molecule has 8 heteroatoms. The van der Waals surface area contributed by atoms with Crippen molar-refractivity contribution in [2.45, 2.75) is 19.4 Å². The van der Waals surface area contributed by atoms with Gasteiger partial charge in [0.1, 0.15) is 0 Å². The van der Waals surface area contributed by atoms with Gasteiger partial charge in [-0.1, -0.05) is 12.1 Å². The van der Waals surface area contributed by atoms with Gasteiger partial charge in [-0.2, -0.15) is 17.4 Å². The van der Waals surface area contributed by atoms with Gasteiger partial charge in [0, 0.05) is 38.3 Å². The number of morpholine rings is 1. The van der Waals surface area contributed by atoms with Gasteiger partial charge in [0.2, 0.25) is 5.91 Å². The Kier molecular flexibility index (Phi) is 4.96. The summed E-state index contributed by atoms with van der Waals surface area (Å²) < 4.78 is 33.5. The predicted molar refractivity (Wildman–Crippen MR) is 86.2 cm³/mol. The number of ether oxygens (including phenoxy) is 1. The molecule has 2 aliphatic rings. The van der Waals surface area contributed by atoms with Gasteiger partial charge in [0.05, 0.1) is 13.2 Å². The van der Waals surface area contributed by atoms with E-state index in [4.69, 9.17) is 4.74 Å². The molecule has 1 aromatic rings. The van der Waals surface area contributed by atoms with E-state index in [-0.39, 0.29) is 12.5 Å². The van der Waals surface area contributed by atoms with E-state index < -0.39 is 10.2 Å². The lowest BCUT2D eigenvalue weighted by atomic mass is 10.2. The number of amides is 1. The van der Waals surface area contributed by atoms with Gasteiger partial charge in [-0.3, -0.25) is 4.79 Å². The number of nitrogens with zero attached hydrogens (tertiary/aromatic N) is 2. The predicted octanol–water partition coefficient (Wildman–Crippen LogP) is 0.480. The van der Waals surface area contributed by atoms with Crippen LogP contribution in [0.4, 0.5) is 5.69 Å². The minimum absolute atomic E-state index is 0.144. The van der Waals surface area contributed by atoms with Gasteiger partial charge >= 0.3 is 0 Å². The topological polar surface area (TPSA) is 79.0 Å². The molecule has 23 heavy (non-hydrogen) atoms. The van der Waals surface area contributed by atoms with Crippen LogP contribution in [0.5, 0.6) is 0 Å². The standard InChI is InChI=1S/C15H21N3O4S/c19-15-2-1-7-18(15)14-5-3-13(4-6-14)12-16-23(20,21)17-8-10-22-11-9-17/h3-6,16H,1-2,7-12H2. The van der Waals surface area contributed by atoms with Gasteiger partial charge in [-0.05, 0) is 24.1 Å². The molecule has 0 saturated carbocycles. The van der Waals surface area contributed by atoms with Crippen molar-refractivity contribution in [1.29, 1.82) is 0 Å². The first-order valence-electron chi connectivity index (χ1n) is 7.78. The molecule has 0 radical (unpaired) electrons. The van der Waals surface area contributed by atoms with Crippen LogP contribution in [0.2, 0.25) is 0 Å². The number of rotatable bonds is 5. The molecular weight excluding hydrogens is 318 g/mol. The minimum Gasteiger partial charge on any atom is -0.379 e. The lowest BCUT2D eigenvalue weighted by Gasteiger charge is -2.26. The molecule has 126 valence electrons. The van der Waals surface area contributed by atoms with E-state index in [0.717, 1.165) is 24.2 Å². The lowest BCUT2D eigenvalue weighted by molar-refractivity contribution is -0.117. The van der Waals surface area contributed by atoms with Crippen LogP contribution in [0.15, 0.2) is 24.3 Å². The van der Waals surface area contributed by atoms with Gasteiger partial charge in [-0.25, -0.2) is 0 Å². The maximum atomic E-state index is 12.2. The molecule has 0 spiro atoms. The Bertz CT molecular complexity index is 654. The zero-order valence-corrected chi connectivity index (χ0v) is 13.7. The van der Waals surface area contributed by atoms with Gasteiger partial charge in [0.25, 0.3) is 10.2 Å². The highest BCUT2D eigenvalue weighted by atomic mass is 32.2. The van der Waals surface area contributed by atoms with E-state index in [1.165, 1.54) is 4.31 Å². The third kappa shape index (κ3) is 3.89. The molecule has 2 fully saturated rings. The Morgan fingerprint density at radius 2 is 1.78 bits per heavy atom. The highest BCUT2D eigenvalue weighted by Gasteiger charge is 2.24. The van der Waals surface area contributed by atoms with Crippen LogP contribution in [0.3, 0.4) is 0 Å². The fourth-order valence-corrected chi connectivity index (χ4v) is 3.93. The maximum Gasteiger partial charge on any atom is 0.279 e. The van der Waals surface area contributed by atoms with Crippen LogP contribution in [0, 0.1) is 0 Å². The fourth-order valence-electron chi connectivity index (χ4n) is 2.77. The van der Waals surface area contributed by atoms with Crippen molar-refractivity contribution < 1.29 is 17.9 Å². The molecule has 2 heterocycles. The number of hydrogen-bond acceptors (Lipinski definition) is 4. The van der Waals surface area contributed by atoms with Gasteiger partial charge in [0.15, 0.2) is 0 Å². The summed E-state index contributed by atoms with van der Waals surface area (Å²) in [4.78, 5) is 13.5. The van der Waals surface area contributed by atoms with Crippen LogP contribution >= 0.6 is 0 Å². The van der Waals surface area contributed by atoms with E-state index >= 15 is 0 Å². The summed E-state index contributed by atoms with van der Waals surface area (Å²) in [5.74, 6) is 0.144. The summed E-state index contributed by atoms with van der Waals surface area (Å²) in [6.45, 7) is 2.60. The third-order valence-electron chi connectivity index (χ3n) is 4.09. The molecule has 0 bridgehead atoms. The zero-order valence-electron chi connectivity index (χ0n) is 12.9. The van der Waals surface area contributed by atoms with Gasteiger partial charge in [-0.15, -0.1) is 0 Å². The Balaban J connectivity index is 1.59. The van der Waals surface area contributed by atoms with Crippen molar-refractivity contribution in [3.8, 4) is 0 Å². The Hall–Kier alpha value is -1.48. The van der Waals surface area contributed by atoms with E-state index in [9.17, 15) is 13.2 Å². The molecule has 3 rings (SSSR count). The van der Waals surface area contributed by atoms with E-state index in [1.54, 1.807) is 4.90 Å². The van der Waals surface area contributed by atoms with Crippen molar-refractivity contribution in [2.75, 3.05) is 37.7 Å². The molecule has 0 aromatic heterocycles. The summed E-state index contributed by atoms with van der Waals surface area (Å²) in [5, 5.41) is 0. The normalized spacial score (nSPS) is 20.2. The molecule has 0 aliphatic carbocycles. The summed E-state index contributed by atoms with van der Waals surface area (Å²) in [7, 11) is -3.48. The second-order valence-corrected chi connectivity index (χ2v) is 7.41. The SMILES string of the molecule is O=C1CCCN1c1ccc(CNS(=O)(=O)N2CCOCC2)cc1. The monoisotopic (exact) mass is 339 g/mol. The zero-order chi connectivity index (χ0) is 16.3. The summed E-state index contributed by atoms with van der Waals surface area (Å²) in [5.41, 5.74) is 1.73. The first kappa shape index (κ1) is 16.4. The number of hydrogen-bond donors (Lipinski definition) is 1. The number of anilines is 1. The smallest absolute Gasteiger partial charge is 0.279 e. The Labute approximate surface area is 136 Å². The maximum absolute atomic E-state index is 12.2. The molecule has 1 aromatic carbocycles. The largest absolute Gasteiger partial charge is 0.379 e. The Morgan fingerprint density at radius 3 is 2.39 bits per heavy atom. The first-order chi connectivity index (χ1) is 11.1. The summed E-state index contributed by atoms with van der Waals surface area (Å²) >= 11 is 0. The highest BCUT2D eigenvalue weighted by molar-refractivity contribution is 7.87.